The zero-order chi connectivity index (χ0) is 59.1. The Morgan fingerprint density at radius 2 is 0.488 bits per heavy atom. The van der Waals surface area contributed by atoms with Crippen LogP contribution in [0.5, 0.6) is 0 Å². The molecule has 0 aliphatic carbocycles. The van der Waals surface area contributed by atoms with Crippen LogP contribution in [0.25, 0.3) is 0 Å². The van der Waals surface area contributed by atoms with Crippen LogP contribution in [0.2, 0.25) is 0 Å². The molecule has 5 heteroatoms. The molecule has 1 atom stereocenters. The van der Waals surface area contributed by atoms with Crippen LogP contribution in [0.3, 0.4) is 0 Å². The number of aliphatic hydroxyl groups is 1. The molecule has 0 aliphatic rings. The van der Waals surface area contributed by atoms with Gasteiger partial charge >= 0.3 is 11.9 Å². The van der Waals surface area contributed by atoms with Gasteiger partial charge in [0.15, 0.2) is 6.10 Å². The third-order valence-electron chi connectivity index (χ3n) is 14.0. The van der Waals surface area contributed by atoms with E-state index in [9.17, 15) is 14.7 Å². The van der Waals surface area contributed by atoms with E-state index in [1.807, 2.05) is 0 Å². The van der Waals surface area contributed by atoms with Gasteiger partial charge in [-0.15, -0.1) is 0 Å². The van der Waals surface area contributed by atoms with E-state index in [1.165, 1.54) is 122 Å². The zero-order valence-corrected chi connectivity index (χ0v) is 52.9. The number of carbonyl (C=O) groups is 2. The first kappa shape index (κ1) is 77.3. The molecule has 1 N–H and O–H groups in total. The second-order valence-corrected chi connectivity index (χ2v) is 21.8. The highest BCUT2D eigenvalue weighted by molar-refractivity contribution is 5.70. The normalized spacial score (nSPS) is 13.4. The molecule has 0 heterocycles. The fourth-order valence-electron chi connectivity index (χ4n) is 9.05. The summed E-state index contributed by atoms with van der Waals surface area (Å²) in [6, 6.07) is 0. The molecule has 0 aromatic carbocycles. The van der Waals surface area contributed by atoms with Crippen molar-refractivity contribution in [2.24, 2.45) is 0 Å². The summed E-state index contributed by atoms with van der Waals surface area (Å²) in [5, 5.41) is 9.70. The number of hydrogen-bond donors (Lipinski definition) is 1. The molecule has 0 aliphatic heterocycles. The summed E-state index contributed by atoms with van der Waals surface area (Å²) < 4.78 is 10.7. The summed E-state index contributed by atoms with van der Waals surface area (Å²) in [4.78, 5) is 24.6. The molecule has 0 rings (SSSR count). The monoisotopic (exact) mass is 1130 g/mol. The first-order valence-corrected chi connectivity index (χ1v) is 33.7. The Bertz CT molecular complexity index is 1810. The van der Waals surface area contributed by atoms with Crippen LogP contribution >= 0.6 is 0 Å². The van der Waals surface area contributed by atoms with E-state index in [1.54, 1.807) is 0 Å². The number of carbonyl (C=O) groups excluding carboxylic acids is 2. The van der Waals surface area contributed by atoms with Crippen molar-refractivity contribution < 1.29 is 24.2 Å². The minimum absolute atomic E-state index is 0.0785. The predicted molar refractivity (Wildman–Crippen MR) is 361 cm³/mol. The standard InChI is InChI=1S/C77H124O5/c1-3-5-7-9-11-13-15-17-19-21-23-25-27-29-31-33-35-37-38-40-42-44-46-48-50-52-54-56-58-60-62-64-66-68-70-72-77(80)82-75(73-78)74-81-76(79)71-69-67-65-63-61-59-57-55-53-51-49-47-45-43-41-39-36-34-32-30-28-26-24-22-20-18-16-14-12-10-8-6-4-2/h5-8,11-14,17-20,23-26,29-32,35,37,40,42,46,48,52,54,75,78H,3-4,9-10,15-16,21-22,27-28,33-34,36,38-39,41,43-45,47,49-51,53,55-74H2,1-2H3/b7-5-,8-6-,13-11-,14-12-,19-17-,20-18-,25-23-,26-24-,31-29-,32-30-,37-35-,42-40-,48-46-,54-52-. The highest BCUT2D eigenvalue weighted by Crippen LogP contribution is 2.16. The molecule has 0 fully saturated rings. The topological polar surface area (TPSA) is 72.8 Å². The summed E-state index contributed by atoms with van der Waals surface area (Å²) in [7, 11) is 0. The molecular weight excluding hydrogens is 1000 g/mol. The van der Waals surface area contributed by atoms with Crippen molar-refractivity contribution in [3.8, 4) is 0 Å². The minimum atomic E-state index is -0.791. The molecule has 0 aromatic rings. The average molecular weight is 1130 g/mol. The second-order valence-electron chi connectivity index (χ2n) is 21.8. The fourth-order valence-corrected chi connectivity index (χ4v) is 9.05. The van der Waals surface area contributed by atoms with Gasteiger partial charge in [-0.25, -0.2) is 0 Å². The Labute approximate surface area is 506 Å². The van der Waals surface area contributed by atoms with Gasteiger partial charge in [-0.3, -0.25) is 9.59 Å². The van der Waals surface area contributed by atoms with Gasteiger partial charge in [-0.05, 0) is 128 Å². The average Bonchev–Trinajstić information content (AvgIpc) is 3.49. The molecular formula is C77H124O5. The van der Waals surface area contributed by atoms with E-state index in [-0.39, 0.29) is 25.2 Å². The van der Waals surface area contributed by atoms with Crippen LogP contribution in [0, 0.1) is 0 Å². The van der Waals surface area contributed by atoms with Gasteiger partial charge in [-0.2, -0.15) is 0 Å². The number of allylic oxidation sites excluding steroid dienone is 28. The molecule has 5 nitrogen and oxygen atoms in total. The van der Waals surface area contributed by atoms with Gasteiger partial charge in [0, 0.05) is 12.8 Å². The Hall–Kier alpha value is -4.74. The van der Waals surface area contributed by atoms with E-state index in [2.05, 4.69) is 184 Å². The molecule has 0 aromatic heterocycles. The maximum absolute atomic E-state index is 12.4. The largest absolute Gasteiger partial charge is 0.462 e. The molecule has 0 bridgehead atoms. The van der Waals surface area contributed by atoms with Crippen LogP contribution < -0.4 is 0 Å². The molecule has 462 valence electrons. The minimum Gasteiger partial charge on any atom is -0.462 e. The predicted octanol–water partition coefficient (Wildman–Crippen LogP) is 23.6. The molecule has 1 unspecified atom stereocenters. The van der Waals surface area contributed by atoms with E-state index in [4.69, 9.17) is 9.47 Å². The van der Waals surface area contributed by atoms with Crippen LogP contribution in [0.15, 0.2) is 170 Å². The molecule has 0 amide bonds. The van der Waals surface area contributed by atoms with Crippen molar-refractivity contribution in [1.29, 1.82) is 0 Å². The molecule has 0 saturated carbocycles. The Morgan fingerprint density at radius 1 is 0.280 bits per heavy atom. The lowest BCUT2D eigenvalue weighted by Crippen LogP contribution is -2.28. The molecule has 82 heavy (non-hydrogen) atoms. The summed E-state index contributed by atoms with van der Waals surface area (Å²) in [5.41, 5.74) is 0. The highest BCUT2D eigenvalue weighted by atomic mass is 16.6. The van der Waals surface area contributed by atoms with Crippen molar-refractivity contribution in [1.82, 2.24) is 0 Å². The summed E-state index contributed by atoms with van der Waals surface area (Å²) in [5.74, 6) is -0.607. The maximum atomic E-state index is 12.4. The van der Waals surface area contributed by atoms with Crippen molar-refractivity contribution in [3.05, 3.63) is 170 Å². The summed E-state index contributed by atoms with van der Waals surface area (Å²) in [6.07, 6.45) is 109. The molecule has 0 saturated heterocycles. The van der Waals surface area contributed by atoms with Gasteiger partial charge in [0.1, 0.15) is 6.61 Å². The Morgan fingerprint density at radius 3 is 0.732 bits per heavy atom. The van der Waals surface area contributed by atoms with Crippen molar-refractivity contribution in [3.63, 3.8) is 0 Å². The SMILES string of the molecule is CC/C=C\C/C=C\C/C=C\C/C=C\C/C=C\C/C=C\C/C=C\C/C=C\C/C=C\CCCCCCCCCC(=O)OC(CO)COC(=O)CCCCCCCCCCCCCCCCCCC/C=C\C/C=C\C/C=C\C/C=C\C/C=C\CC. The number of ether oxygens (including phenoxy) is 2. The van der Waals surface area contributed by atoms with E-state index < -0.39 is 6.10 Å². The lowest BCUT2D eigenvalue weighted by molar-refractivity contribution is -0.161. The lowest BCUT2D eigenvalue weighted by atomic mass is 10.0. The maximum Gasteiger partial charge on any atom is 0.306 e. The molecule has 0 radical (unpaired) electrons. The van der Waals surface area contributed by atoms with Crippen LogP contribution in [-0.2, 0) is 19.1 Å². The van der Waals surface area contributed by atoms with Gasteiger partial charge in [-0.1, -0.05) is 312 Å². The first-order valence-electron chi connectivity index (χ1n) is 33.7. The van der Waals surface area contributed by atoms with Gasteiger partial charge in [0.2, 0.25) is 0 Å². The number of aliphatic hydroxyl groups excluding tert-OH is 1. The van der Waals surface area contributed by atoms with Crippen molar-refractivity contribution in [2.75, 3.05) is 13.2 Å². The third kappa shape index (κ3) is 67.8. The third-order valence-corrected chi connectivity index (χ3v) is 14.0. The lowest BCUT2D eigenvalue weighted by Gasteiger charge is -2.15. The first-order chi connectivity index (χ1) is 40.6. The fraction of sp³-hybridized carbons (Fsp3) is 0.610. The van der Waals surface area contributed by atoms with Crippen LogP contribution in [-0.4, -0.2) is 36.4 Å². The van der Waals surface area contributed by atoms with E-state index >= 15 is 0 Å². The van der Waals surface area contributed by atoms with E-state index in [0.717, 1.165) is 135 Å². The highest BCUT2D eigenvalue weighted by Gasteiger charge is 2.16. The number of rotatable bonds is 60. The van der Waals surface area contributed by atoms with Crippen molar-refractivity contribution >= 4 is 11.9 Å². The second kappa shape index (κ2) is 70.5. The molecule has 0 spiro atoms. The smallest absolute Gasteiger partial charge is 0.306 e. The van der Waals surface area contributed by atoms with E-state index in [0.29, 0.717) is 12.8 Å². The number of unbranched alkanes of at least 4 members (excludes halogenated alkanes) is 24. The van der Waals surface area contributed by atoms with Gasteiger partial charge in [0.25, 0.3) is 0 Å². The van der Waals surface area contributed by atoms with Crippen LogP contribution in [0.1, 0.15) is 284 Å². The Balaban J connectivity index is 3.56. The van der Waals surface area contributed by atoms with Crippen LogP contribution in [0.4, 0.5) is 0 Å². The summed E-state index contributed by atoms with van der Waals surface area (Å²) >= 11 is 0. The number of esters is 2. The Kier molecular flexibility index (Phi) is 66.4. The van der Waals surface area contributed by atoms with Gasteiger partial charge in [0.05, 0.1) is 6.61 Å². The van der Waals surface area contributed by atoms with Crippen molar-refractivity contribution in [2.45, 2.75) is 290 Å². The van der Waals surface area contributed by atoms with Gasteiger partial charge < -0.3 is 14.6 Å². The quantitative estimate of drug-likeness (QED) is 0.0373. The summed E-state index contributed by atoms with van der Waals surface area (Å²) in [6.45, 7) is 3.91. The zero-order valence-electron chi connectivity index (χ0n) is 52.9. The number of hydrogen-bond acceptors (Lipinski definition) is 5.